The lowest BCUT2D eigenvalue weighted by molar-refractivity contribution is 0.0298. The van der Waals surface area contributed by atoms with E-state index in [0.717, 1.165) is 33.8 Å². The minimum Gasteiger partial charge on any atom is -0.497 e. The van der Waals surface area contributed by atoms with Gasteiger partial charge in [0.25, 0.3) is 0 Å². The fourth-order valence-corrected chi connectivity index (χ4v) is 4.39. The highest BCUT2D eigenvalue weighted by molar-refractivity contribution is 5.47. The van der Waals surface area contributed by atoms with Crippen LogP contribution in [0.1, 0.15) is 40.9 Å². The maximum absolute atomic E-state index is 6.40. The van der Waals surface area contributed by atoms with Gasteiger partial charge in [0, 0.05) is 19.1 Å². The first kappa shape index (κ1) is 23.8. The highest BCUT2D eigenvalue weighted by Gasteiger charge is 2.30. The van der Waals surface area contributed by atoms with Crippen LogP contribution in [-0.4, -0.2) is 14.2 Å². The van der Waals surface area contributed by atoms with Gasteiger partial charge < -0.3 is 23.7 Å². The molecule has 1 aliphatic rings. The molecule has 4 aromatic rings. The maximum atomic E-state index is 6.40. The van der Waals surface area contributed by atoms with E-state index in [4.69, 9.17) is 23.7 Å². The van der Waals surface area contributed by atoms with Gasteiger partial charge in [0.1, 0.15) is 30.8 Å². The number of hydrogen-bond acceptors (Lipinski definition) is 5. The van der Waals surface area contributed by atoms with Crippen molar-refractivity contribution in [1.82, 2.24) is 0 Å². The predicted molar refractivity (Wildman–Crippen MR) is 139 cm³/mol. The van der Waals surface area contributed by atoms with E-state index in [-0.39, 0.29) is 12.2 Å². The molecule has 0 spiro atoms. The molecular weight excluding hydrogens is 452 g/mol. The molecule has 0 N–H and O–H groups in total. The van der Waals surface area contributed by atoms with E-state index >= 15 is 0 Å². The Kier molecular flexibility index (Phi) is 7.39. The van der Waals surface area contributed by atoms with E-state index in [1.807, 2.05) is 97.1 Å². The van der Waals surface area contributed by atoms with E-state index in [0.29, 0.717) is 31.1 Å². The number of rotatable bonds is 9. The quantitative estimate of drug-likeness (QED) is 0.255. The van der Waals surface area contributed by atoms with Crippen LogP contribution < -0.4 is 18.9 Å². The summed E-state index contributed by atoms with van der Waals surface area (Å²) < 4.78 is 30.1. The van der Waals surface area contributed by atoms with Gasteiger partial charge in [0.15, 0.2) is 11.5 Å². The van der Waals surface area contributed by atoms with Gasteiger partial charge in [0.2, 0.25) is 0 Å². The first-order valence-electron chi connectivity index (χ1n) is 12.1. The summed E-state index contributed by atoms with van der Waals surface area (Å²) in [4.78, 5) is 0. The molecule has 1 aliphatic heterocycles. The summed E-state index contributed by atoms with van der Waals surface area (Å²) in [7, 11) is 3.39. The molecule has 4 aromatic carbocycles. The van der Waals surface area contributed by atoms with E-state index in [2.05, 4.69) is 0 Å². The molecule has 0 amide bonds. The Morgan fingerprint density at radius 2 is 1.39 bits per heavy atom. The summed E-state index contributed by atoms with van der Waals surface area (Å²) in [5.74, 6) is 2.97. The zero-order valence-electron chi connectivity index (χ0n) is 20.6. The third-order valence-corrected chi connectivity index (χ3v) is 6.36. The van der Waals surface area contributed by atoms with Crippen LogP contribution in [-0.2, 0) is 18.0 Å². The average Bonchev–Trinajstić information content (AvgIpc) is 2.95. The Morgan fingerprint density at radius 3 is 2.03 bits per heavy atom. The van der Waals surface area contributed by atoms with Crippen molar-refractivity contribution < 1.29 is 23.7 Å². The van der Waals surface area contributed by atoms with Crippen LogP contribution in [0.4, 0.5) is 0 Å². The zero-order valence-corrected chi connectivity index (χ0v) is 20.6. The molecule has 5 heteroatoms. The van der Waals surface area contributed by atoms with Crippen LogP contribution in [0.3, 0.4) is 0 Å². The molecular formula is C31H30O5. The monoisotopic (exact) mass is 482 g/mol. The molecule has 0 fully saturated rings. The van der Waals surface area contributed by atoms with Crippen LogP contribution in [0.5, 0.6) is 23.0 Å². The Labute approximate surface area is 212 Å². The van der Waals surface area contributed by atoms with Crippen molar-refractivity contribution in [3.8, 4) is 23.0 Å². The van der Waals surface area contributed by atoms with Gasteiger partial charge in [-0.05, 0) is 47.0 Å². The van der Waals surface area contributed by atoms with Crippen LogP contribution in [0.15, 0.2) is 97.1 Å². The van der Waals surface area contributed by atoms with Gasteiger partial charge in [0.05, 0.1) is 13.2 Å². The standard InChI is InChI=1S/C31H30O5/c1-32-25-14-16-27-26(18-25)30(33-2)19-29(36-27)24-13-15-28(34-20-22-9-5-3-6-10-22)31(17-24)35-21-23-11-7-4-8-12-23/h3-18,29-30H,19-21H2,1-2H3/t29-,30?/m1/s1. The number of benzene rings is 4. The van der Waals surface area contributed by atoms with Gasteiger partial charge in [-0.25, -0.2) is 0 Å². The topological polar surface area (TPSA) is 46.2 Å². The number of fused-ring (bicyclic) bond motifs is 1. The van der Waals surface area contributed by atoms with Gasteiger partial charge in [-0.2, -0.15) is 0 Å². The third kappa shape index (κ3) is 5.47. The lowest BCUT2D eigenvalue weighted by Crippen LogP contribution is -2.20. The highest BCUT2D eigenvalue weighted by Crippen LogP contribution is 2.45. The number of methoxy groups -OCH3 is 2. The van der Waals surface area contributed by atoms with Gasteiger partial charge in [-0.3, -0.25) is 0 Å². The molecule has 0 aliphatic carbocycles. The van der Waals surface area contributed by atoms with Gasteiger partial charge in [-0.15, -0.1) is 0 Å². The number of hydrogen-bond donors (Lipinski definition) is 0. The molecule has 1 unspecified atom stereocenters. The number of ether oxygens (including phenoxy) is 5. The minimum absolute atomic E-state index is 0.100. The van der Waals surface area contributed by atoms with Gasteiger partial charge >= 0.3 is 0 Å². The van der Waals surface area contributed by atoms with E-state index in [1.165, 1.54) is 0 Å². The summed E-state index contributed by atoms with van der Waals surface area (Å²) in [6.45, 7) is 0.906. The molecule has 184 valence electrons. The second-order valence-corrected chi connectivity index (χ2v) is 8.73. The Morgan fingerprint density at radius 1 is 0.722 bits per heavy atom. The van der Waals surface area contributed by atoms with Crippen molar-refractivity contribution in [3.05, 3.63) is 119 Å². The Bertz CT molecular complexity index is 1270. The van der Waals surface area contributed by atoms with Crippen molar-refractivity contribution in [2.75, 3.05) is 14.2 Å². The van der Waals surface area contributed by atoms with E-state index in [1.54, 1.807) is 14.2 Å². The average molecular weight is 483 g/mol. The molecule has 5 nitrogen and oxygen atoms in total. The van der Waals surface area contributed by atoms with Crippen molar-refractivity contribution in [1.29, 1.82) is 0 Å². The highest BCUT2D eigenvalue weighted by atomic mass is 16.5. The second-order valence-electron chi connectivity index (χ2n) is 8.73. The van der Waals surface area contributed by atoms with Crippen LogP contribution in [0.2, 0.25) is 0 Å². The molecule has 1 heterocycles. The van der Waals surface area contributed by atoms with Gasteiger partial charge in [-0.1, -0.05) is 66.7 Å². The molecule has 0 saturated heterocycles. The predicted octanol–water partition coefficient (Wildman–Crippen LogP) is 7.06. The molecule has 0 radical (unpaired) electrons. The van der Waals surface area contributed by atoms with Crippen LogP contribution in [0, 0.1) is 0 Å². The molecule has 0 bridgehead atoms. The fraction of sp³-hybridized carbons (Fsp3) is 0.226. The smallest absolute Gasteiger partial charge is 0.162 e. The maximum Gasteiger partial charge on any atom is 0.162 e. The summed E-state index contributed by atoms with van der Waals surface area (Å²) in [5, 5.41) is 0. The SMILES string of the molecule is COc1ccc2c(c1)C(OC)C[C@H](c1ccc(OCc3ccccc3)c(OCc3ccccc3)c1)O2. The zero-order chi connectivity index (χ0) is 24.7. The molecule has 0 aromatic heterocycles. The first-order chi connectivity index (χ1) is 17.7. The fourth-order valence-electron chi connectivity index (χ4n) is 4.39. The summed E-state index contributed by atoms with van der Waals surface area (Å²) in [6.07, 6.45) is 0.397. The first-order valence-corrected chi connectivity index (χ1v) is 12.1. The normalized spacial score (nSPS) is 16.5. The van der Waals surface area contributed by atoms with Crippen LogP contribution in [0.25, 0.3) is 0 Å². The lowest BCUT2D eigenvalue weighted by Gasteiger charge is -2.32. The van der Waals surface area contributed by atoms with E-state index in [9.17, 15) is 0 Å². The Balaban J connectivity index is 1.40. The van der Waals surface area contributed by atoms with Crippen molar-refractivity contribution in [2.45, 2.75) is 31.8 Å². The minimum atomic E-state index is -0.182. The van der Waals surface area contributed by atoms with Crippen molar-refractivity contribution in [3.63, 3.8) is 0 Å². The largest absolute Gasteiger partial charge is 0.497 e. The summed E-state index contributed by atoms with van der Waals surface area (Å²) >= 11 is 0. The Hall–Kier alpha value is -3.96. The molecule has 5 rings (SSSR count). The molecule has 36 heavy (non-hydrogen) atoms. The van der Waals surface area contributed by atoms with Crippen molar-refractivity contribution >= 4 is 0 Å². The third-order valence-electron chi connectivity index (χ3n) is 6.36. The molecule has 2 atom stereocenters. The van der Waals surface area contributed by atoms with Crippen molar-refractivity contribution in [2.24, 2.45) is 0 Å². The van der Waals surface area contributed by atoms with Crippen LogP contribution >= 0.6 is 0 Å². The summed E-state index contributed by atoms with van der Waals surface area (Å²) in [6, 6.07) is 32.1. The lowest BCUT2D eigenvalue weighted by atomic mass is 9.94. The van der Waals surface area contributed by atoms with E-state index < -0.39 is 0 Å². The summed E-state index contributed by atoms with van der Waals surface area (Å²) in [5.41, 5.74) is 4.19. The molecule has 0 saturated carbocycles. The second kappa shape index (κ2) is 11.2.